The van der Waals surface area contributed by atoms with E-state index in [1.165, 1.54) is 58.2 Å². The second-order valence-corrected chi connectivity index (χ2v) is 8.29. The van der Waals surface area contributed by atoms with Crippen molar-refractivity contribution in [3.8, 4) is 0 Å². The molecule has 1 saturated heterocycles. The molecular weight excluding hydrogens is 431 g/mol. The summed E-state index contributed by atoms with van der Waals surface area (Å²) >= 11 is 2.01. The maximum absolute atomic E-state index is 4.79. The smallest absolute Gasteiger partial charge is 0.191 e. The normalized spacial score (nSPS) is 26.2. The molecule has 2 unspecified atom stereocenters. The van der Waals surface area contributed by atoms with Crippen LogP contribution in [0.2, 0.25) is 0 Å². The van der Waals surface area contributed by atoms with Crippen LogP contribution in [0.4, 0.5) is 0 Å². The van der Waals surface area contributed by atoms with Crippen molar-refractivity contribution in [3.05, 3.63) is 0 Å². The zero-order valence-corrected chi connectivity index (χ0v) is 18.9. The van der Waals surface area contributed by atoms with Crippen molar-refractivity contribution >= 4 is 41.7 Å². The number of guanidine groups is 1. The minimum Gasteiger partial charge on any atom is -0.357 e. The number of thioether (sulfide) groups is 1. The number of likely N-dealkylation sites (tertiary alicyclic amines) is 1. The fourth-order valence-electron chi connectivity index (χ4n) is 3.57. The summed E-state index contributed by atoms with van der Waals surface area (Å²) in [6.45, 7) is 10.1. The van der Waals surface area contributed by atoms with Gasteiger partial charge in [0.05, 0.1) is 0 Å². The molecule has 0 radical (unpaired) electrons. The lowest BCUT2D eigenvalue weighted by molar-refractivity contribution is 0.192. The quantitative estimate of drug-likeness (QED) is 0.260. The van der Waals surface area contributed by atoms with E-state index in [4.69, 9.17) is 4.99 Å². The Kier molecular flexibility index (Phi) is 11.8. The maximum Gasteiger partial charge on any atom is 0.191 e. The molecule has 142 valence electrons. The summed E-state index contributed by atoms with van der Waals surface area (Å²) in [6.07, 6.45) is 10.0. The Morgan fingerprint density at radius 3 is 2.58 bits per heavy atom. The minimum atomic E-state index is 0. The van der Waals surface area contributed by atoms with Crippen molar-refractivity contribution in [3.63, 3.8) is 0 Å². The highest BCUT2D eigenvalue weighted by Gasteiger charge is 2.24. The van der Waals surface area contributed by atoms with Crippen molar-refractivity contribution in [2.75, 3.05) is 39.0 Å². The second-order valence-electron chi connectivity index (χ2n) is 7.15. The highest BCUT2D eigenvalue weighted by atomic mass is 127. The predicted molar refractivity (Wildman–Crippen MR) is 119 cm³/mol. The monoisotopic (exact) mass is 468 g/mol. The molecule has 1 heterocycles. The Bertz CT molecular complexity index is 359. The van der Waals surface area contributed by atoms with E-state index in [1.807, 2.05) is 11.8 Å². The highest BCUT2D eigenvalue weighted by Crippen LogP contribution is 2.28. The van der Waals surface area contributed by atoms with Gasteiger partial charge in [0.2, 0.25) is 0 Å². The Labute approximate surface area is 170 Å². The van der Waals surface area contributed by atoms with Gasteiger partial charge in [-0.05, 0) is 77.3 Å². The SMILES string of the molecule is CCNC(=NCCCN1CCC(C)CC1)NC1CCC(SC)C1.I. The first-order chi connectivity index (χ1) is 11.2. The molecule has 4 nitrogen and oxygen atoms in total. The van der Waals surface area contributed by atoms with Crippen LogP contribution < -0.4 is 10.6 Å². The molecule has 6 heteroatoms. The first kappa shape index (κ1) is 22.4. The summed E-state index contributed by atoms with van der Waals surface area (Å²) in [4.78, 5) is 7.40. The number of halogens is 1. The zero-order valence-electron chi connectivity index (χ0n) is 15.7. The number of nitrogens with zero attached hydrogens (tertiary/aromatic N) is 2. The van der Waals surface area contributed by atoms with Gasteiger partial charge in [-0.15, -0.1) is 24.0 Å². The standard InChI is InChI=1S/C18H36N4S.HI/c1-4-19-18(21-16-6-7-17(14-16)23-3)20-10-5-11-22-12-8-15(2)9-13-22;/h15-17H,4-14H2,1-3H3,(H2,19,20,21);1H. The third-order valence-electron chi connectivity index (χ3n) is 5.18. The molecule has 2 fully saturated rings. The van der Waals surface area contributed by atoms with Crippen LogP contribution in [0.5, 0.6) is 0 Å². The van der Waals surface area contributed by atoms with Gasteiger partial charge in [-0.1, -0.05) is 6.92 Å². The van der Waals surface area contributed by atoms with Crippen LogP contribution in [0, 0.1) is 5.92 Å². The van der Waals surface area contributed by atoms with Gasteiger partial charge in [0, 0.05) is 24.4 Å². The van der Waals surface area contributed by atoms with Gasteiger partial charge in [0.25, 0.3) is 0 Å². The Morgan fingerprint density at radius 1 is 1.21 bits per heavy atom. The molecule has 0 aromatic carbocycles. The van der Waals surface area contributed by atoms with E-state index in [1.54, 1.807) is 0 Å². The van der Waals surface area contributed by atoms with Crippen molar-refractivity contribution in [2.24, 2.45) is 10.9 Å². The fourth-order valence-corrected chi connectivity index (χ4v) is 4.37. The first-order valence-electron chi connectivity index (χ1n) is 9.51. The molecule has 1 saturated carbocycles. The summed E-state index contributed by atoms with van der Waals surface area (Å²) in [5, 5.41) is 7.87. The van der Waals surface area contributed by atoms with Crippen LogP contribution in [0.3, 0.4) is 0 Å². The van der Waals surface area contributed by atoms with E-state index in [9.17, 15) is 0 Å². The summed E-state index contributed by atoms with van der Waals surface area (Å²) in [5.41, 5.74) is 0. The van der Waals surface area contributed by atoms with Crippen LogP contribution in [-0.4, -0.2) is 61.1 Å². The van der Waals surface area contributed by atoms with Gasteiger partial charge in [0.15, 0.2) is 5.96 Å². The van der Waals surface area contributed by atoms with Gasteiger partial charge < -0.3 is 15.5 Å². The number of nitrogens with one attached hydrogen (secondary N) is 2. The molecule has 2 aliphatic rings. The van der Waals surface area contributed by atoms with Crippen molar-refractivity contribution in [1.29, 1.82) is 0 Å². The molecule has 0 spiro atoms. The lowest BCUT2D eigenvalue weighted by Crippen LogP contribution is -2.42. The van der Waals surface area contributed by atoms with Crippen LogP contribution in [0.25, 0.3) is 0 Å². The fraction of sp³-hybridized carbons (Fsp3) is 0.944. The predicted octanol–water partition coefficient (Wildman–Crippen LogP) is 3.57. The lowest BCUT2D eigenvalue weighted by Gasteiger charge is -2.29. The second kappa shape index (κ2) is 12.6. The van der Waals surface area contributed by atoms with Gasteiger partial charge >= 0.3 is 0 Å². The zero-order chi connectivity index (χ0) is 16.5. The maximum atomic E-state index is 4.79. The van der Waals surface area contributed by atoms with Crippen LogP contribution in [-0.2, 0) is 0 Å². The highest BCUT2D eigenvalue weighted by molar-refractivity contribution is 14.0. The van der Waals surface area contributed by atoms with Gasteiger partial charge in [0.1, 0.15) is 0 Å². The number of rotatable bonds is 7. The van der Waals surface area contributed by atoms with Crippen LogP contribution in [0.1, 0.15) is 52.4 Å². The van der Waals surface area contributed by atoms with Crippen LogP contribution in [0.15, 0.2) is 4.99 Å². The molecule has 2 rings (SSSR count). The molecule has 24 heavy (non-hydrogen) atoms. The molecule has 2 atom stereocenters. The molecule has 1 aliphatic heterocycles. The molecule has 0 aromatic heterocycles. The summed E-state index contributed by atoms with van der Waals surface area (Å²) in [5.74, 6) is 1.94. The van der Waals surface area contributed by atoms with E-state index in [2.05, 4.69) is 35.6 Å². The number of hydrogen-bond donors (Lipinski definition) is 2. The van der Waals surface area contributed by atoms with E-state index in [-0.39, 0.29) is 24.0 Å². The Balaban J connectivity index is 0.00000288. The third kappa shape index (κ3) is 8.13. The molecule has 0 bridgehead atoms. The average Bonchev–Trinajstić information content (AvgIpc) is 3.01. The largest absolute Gasteiger partial charge is 0.357 e. The number of piperidine rings is 1. The Hall–Kier alpha value is 0.310. The topological polar surface area (TPSA) is 39.7 Å². The summed E-state index contributed by atoms with van der Waals surface area (Å²) in [6, 6.07) is 0.605. The molecule has 2 N–H and O–H groups in total. The average molecular weight is 468 g/mol. The van der Waals surface area contributed by atoms with E-state index in [0.29, 0.717) is 6.04 Å². The summed E-state index contributed by atoms with van der Waals surface area (Å²) in [7, 11) is 0. The molecule has 1 aliphatic carbocycles. The van der Waals surface area contributed by atoms with E-state index in [0.717, 1.165) is 30.2 Å². The first-order valence-corrected chi connectivity index (χ1v) is 10.8. The van der Waals surface area contributed by atoms with Crippen molar-refractivity contribution in [1.82, 2.24) is 15.5 Å². The number of hydrogen-bond acceptors (Lipinski definition) is 3. The van der Waals surface area contributed by atoms with Gasteiger partial charge in [-0.3, -0.25) is 4.99 Å². The van der Waals surface area contributed by atoms with E-state index < -0.39 is 0 Å². The minimum absolute atomic E-state index is 0. The van der Waals surface area contributed by atoms with Gasteiger partial charge in [-0.25, -0.2) is 0 Å². The third-order valence-corrected chi connectivity index (χ3v) is 6.28. The van der Waals surface area contributed by atoms with Gasteiger partial charge in [-0.2, -0.15) is 11.8 Å². The summed E-state index contributed by atoms with van der Waals surface area (Å²) < 4.78 is 0. The molecule has 0 amide bonds. The Morgan fingerprint density at radius 2 is 1.96 bits per heavy atom. The van der Waals surface area contributed by atoms with Crippen LogP contribution >= 0.6 is 35.7 Å². The lowest BCUT2D eigenvalue weighted by atomic mass is 9.99. The molecule has 0 aromatic rings. The molecular formula is C18H37IN4S. The number of aliphatic imine (C=N–C) groups is 1. The van der Waals surface area contributed by atoms with Crippen molar-refractivity contribution in [2.45, 2.75) is 63.7 Å². The van der Waals surface area contributed by atoms with E-state index >= 15 is 0 Å². The van der Waals surface area contributed by atoms with Crippen molar-refractivity contribution < 1.29 is 0 Å².